The quantitative estimate of drug-likeness (QED) is 0.576. The largest absolute Gasteiger partial charge is 0.379 e. The summed E-state index contributed by atoms with van der Waals surface area (Å²) in [6.07, 6.45) is 3.48. The lowest BCUT2D eigenvalue weighted by molar-refractivity contribution is 0.117. The van der Waals surface area contributed by atoms with Crippen LogP contribution in [0.25, 0.3) is 11.0 Å². The summed E-state index contributed by atoms with van der Waals surface area (Å²) in [5.74, 6) is 2.49. The molecule has 3 rings (SSSR count). The van der Waals surface area contributed by atoms with Crippen LogP contribution in [0.4, 0.5) is 0 Å². The van der Waals surface area contributed by atoms with Crippen molar-refractivity contribution in [1.29, 1.82) is 0 Å². The summed E-state index contributed by atoms with van der Waals surface area (Å²) in [5.41, 5.74) is 3.51. The number of ether oxygens (including phenoxy) is 1. The summed E-state index contributed by atoms with van der Waals surface area (Å²) in [4.78, 5) is 4.69. The molecule has 0 aliphatic heterocycles. The summed E-state index contributed by atoms with van der Waals surface area (Å²) in [7, 11) is 0. The van der Waals surface area contributed by atoms with Gasteiger partial charge in [-0.05, 0) is 43.4 Å². The first kappa shape index (κ1) is 13.9. The highest BCUT2D eigenvalue weighted by Gasteiger charge is 2.21. The third-order valence-corrected chi connectivity index (χ3v) is 4.00. The smallest absolute Gasteiger partial charge is 0.111 e. The number of hydrogen-bond acceptors (Lipinski definition) is 2. The minimum absolute atomic E-state index is 0.602. The van der Waals surface area contributed by atoms with Crippen molar-refractivity contribution in [2.45, 2.75) is 32.7 Å². The van der Waals surface area contributed by atoms with Crippen LogP contribution in [0.5, 0.6) is 0 Å². The highest BCUT2D eigenvalue weighted by molar-refractivity contribution is 6.17. The van der Waals surface area contributed by atoms with E-state index in [0.717, 1.165) is 43.4 Å². The molecule has 0 bridgehead atoms. The summed E-state index contributed by atoms with van der Waals surface area (Å²) in [5, 5.41) is 0. The molecule has 1 fully saturated rings. The molecule has 0 atom stereocenters. The Kier molecular flexibility index (Phi) is 4.27. The minimum atomic E-state index is 0.602. The second kappa shape index (κ2) is 6.15. The lowest BCUT2D eigenvalue weighted by atomic mass is 10.2. The molecule has 1 aromatic carbocycles. The van der Waals surface area contributed by atoms with Crippen LogP contribution < -0.4 is 0 Å². The Bertz CT molecular complexity index is 589. The summed E-state index contributed by atoms with van der Waals surface area (Å²) >= 11 is 5.89. The molecule has 0 unspecified atom stereocenters. The van der Waals surface area contributed by atoms with E-state index in [1.807, 2.05) is 0 Å². The monoisotopic (exact) mass is 292 g/mol. The Hall–Kier alpha value is -1.06. The molecule has 1 aliphatic carbocycles. The predicted molar refractivity (Wildman–Crippen MR) is 82.4 cm³/mol. The van der Waals surface area contributed by atoms with Crippen molar-refractivity contribution in [2.24, 2.45) is 5.92 Å². The first-order valence-electron chi connectivity index (χ1n) is 7.37. The van der Waals surface area contributed by atoms with E-state index in [2.05, 4.69) is 29.7 Å². The molecule has 4 heteroatoms. The van der Waals surface area contributed by atoms with Gasteiger partial charge < -0.3 is 9.30 Å². The van der Waals surface area contributed by atoms with Crippen molar-refractivity contribution >= 4 is 22.6 Å². The summed E-state index contributed by atoms with van der Waals surface area (Å²) in [6, 6.07) is 6.39. The molecular formula is C16H21ClN2O. The summed E-state index contributed by atoms with van der Waals surface area (Å²) in [6.45, 7) is 4.64. The maximum atomic E-state index is 5.89. The fourth-order valence-electron chi connectivity index (χ4n) is 2.50. The van der Waals surface area contributed by atoms with Crippen molar-refractivity contribution in [3.8, 4) is 0 Å². The van der Waals surface area contributed by atoms with Gasteiger partial charge in [0.15, 0.2) is 0 Å². The van der Waals surface area contributed by atoms with Crippen LogP contribution in [0.15, 0.2) is 18.2 Å². The molecule has 0 saturated heterocycles. The van der Waals surface area contributed by atoms with Gasteiger partial charge in [0.05, 0.1) is 17.6 Å². The first-order chi connectivity index (χ1) is 9.78. The Morgan fingerprint density at radius 2 is 2.25 bits per heavy atom. The standard InChI is InChI=1S/C16H21ClN2O/c1-12-2-5-14-15(10-12)19(16(18-14)6-7-17)8-9-20-11-13-3-4-13/h2,5,10,13H,3-4,6-9,11H2,1H3. The molecule has 0 radical (unpaired) electrons. The molecule has 20 heavy (non-hydrogen) atoms. The van der Waals surface area contributed by atoms with Crippen LogP contribution in [-0.4, -0.2) is 28.6 Å². The number of aromatic nitrogens is 2. The van der Waals surface area contributed by atoms with Gasteiger partial charge in [-0.3, -0.25) is 0 Å². The van der Waals surface area contributed by atoms with Gasteiger partial charge in [0.1, 0.15) is 5.82 Å². The fraction of sp³-hybridized carbons (Fsp3) is 0.562. The molecule has 2 aromatic rings. The molecular weight excluding hydrogens is 272 g/mol. The lowest BCUT2D eigenvalue weighted by Gasteiger charge is -2.09. The van der Waals surface area contributed by atoms with Crippen molar-refractivity contribution in [3.63, 3.8) is 0 Å². The Labute approximate surface area is 124 Å². The molecule has 1 heterocycles. The highest BCUT2D eigenvalue weighted by atomic mass is 35.5. The van der Waals surface area contributed by atoms with Gasteiger partial charge in [-0.15, -0.1) is 11.6 Å². The second-order valence-electron chi connectivity index (χ2n) is 5.63. The number of aryl methyl sites for hydroxylation is 2. The van der Waals surface area contributed by atoms with E-state index in [-0.39, 0.29) is 0 Å². The van der Waals surface area contributed by atoms with Crippen LogP contribution in [0.2, 0.25) is 0 Å². The van der Waals surface area contributed by atoms with E-state index < -0.39 is 0 Å². The van der Waals surface area contributed by atoms with E-state index in [1.54, 1.807) is 0 Å². The fourth-order valence-corrected chi connectivity index (χ4v) is 2.67. The lowest BCUT2D eigenvalue weighted by Crippen LogP contribution is -2.11. The SMILES string of the molecule is Cc1ccc2nc(CCCl)n(CCOCC3CC3)c2c1. The highest BCUT2D eigenvalue weighted by Crippen LogP contribution is 2.28. The zero-order chi connectivity index (χ0) is 13.9. The number of nitrogens with zero attached hydrogens (tertiary/aromatic N) is 2. The molecule has 0 amide bonds. The van der Waals surface area contributed by atoms with Crippen molar-refractivity contribution in [1.82, 2.24) is 9.55 Å². The van der Waals surface area contributed by atoms with Gasteiger partial charge in [0.2, 0.25) is 0 Å². The molecule has 108 valence electrons. The summed E-state index contributed by atoms with van der Waals surface area (Å²) < 4.78 is 8.02. The normalized spacial score (nSPS) is 15.1. The Balaban J connectivity index is 1.77. The number of rotatable bonds is 7. The van der Waals surface area contributed by atoms with Crippen molar-refractivity contribution in [3.05, 3.63) is 29.6 Å². The zero-order valence-corrected chi connectivity index (χ0v) is 12.7. The van der Waals surface area contributed by atoms with Crippen molar-refractivity contribution in [2.75, 3.05) is 19.1 Å². The van der Waals surface area contributed by atoms with Gasteiger partial charge in [0.25, 0.3) is 0 Å². The number of hydrogen-bond donors (Lipinski definition) is 0. The zero-order valence-electron chi connectivity index (χ0n) is 11.9. The van der Waals surface area contributed by atoms with E-state index >= 15 is 0 Å². The number of alkyl halides is 1. The number of halogens is 1. The van der Waals surface area contributed by atoms with Crippen LogP contribution in [0, 0.1) is 12.8 Å². The first-order valence-corrected chi connectivity index (χ1v) is 7.91. The third kappa shape index (κ3) is 3.15. The van der Waals surface area contributed by atoms with Crippen LogP contribution in [0.3, 0.4) is 0 Å². The maximum absolute atomic E-state index is 5.89. The van der Waals surface area contributed by atoms with Gasteiger partial charge in [-0.25, -0.2) is 4.98 Å². The van der Waals surface area contributed by atoms with E-state index in [4.69, 9.17) is 21.3 Å². The van der Waals surface area contributed by atoms with Gasteiger partial charge in [-0.2, -0.15) is 0 Å². The second-order valence-corrected chi connectivity index (χ2v) is 6.01. The average Bonchev–Trinajstić information content (AvgIpc) is 3.19. The van der Waals surface area contributed by atoms with Crippen molar-refractivity contribution < 1.29 is 4.74 Å². The predicted octanol–water partition coefficient (Wildman–Crippen LogP) is 3.55. The van der Waals surface area contributed by atoms with Crippen LogP contribution >= 0.6 is 11.6 Å². The number of fused-ring (bicyclic) bond motifs is 1. The molecule has 1 aromatic heterocycles. The molecule has 1 saturated carbocycles. The van der Waals surface area contributed by atoms with Gasteiger partial charge in [-0.1, -0.05) is 6.07 Å². The number of benzene rings is 1. The number of imidazole rings is 1. The van der Waals surface area contributed by atoms with E-state index in [1.165, 1.54) is 23.9 Å². The molecule has 1 aliphatic rings. The van der Waals surface area contributed by atoms with Gasteiger partial charge >= 0.3 is 0 Å². The topological polar surface area (TPSA) is 27.1 Å². The third-order valence-electron chi connectivity index (χ3n) is 3.81. The minimum Gasteiger partial charge on any atom is -0.379 e. The molecule has 3 nitrogen and oxygen atoms in total. The molecule has 0 spiro atoms. The van der Waals surface area contributed by atoms with Crippen LogP contribution in [-0.2, 0) is 17.7 Å². The Morgan fingerprint density at radius 1 is 1.40 bits per heavy atom. The average molecular weight is 293 g/mol. The molecule has 0 N–H and O–H groups in total. The van der Waals surface area contributed by atoms with Crippen LogP contribution in [0.1, 0.15) is 24.2 Å². The maximum Gasteiger partial charge on any atom is 0.111 e. The Morgan fingerprint density at radius 3 is 3.00 bits per heavy atom. The van der Waals surface area contributed by atoms with E-state index in [9.17, 15) is 0 Å². The van der Waals surface area contributed by atoms with Gasteiger partial charge in [0, 0.05) is 25.5 Å². The van der Waals surface area contributed by atoms with E-state index in [0.29, 0.717) is 5.88 Å².